The second-order valence-corrected chi connectivity index (χ2v) is 6.07. The summed E-state index contributed by atoms with van der Waals surface area (Å²) in [7, 11) is 0. The zero-order valence-electron chi connectivity index (χ0n) is 13.2. The molecular weight excluding hydrogens is 405 g/mol. The summed E-state index contributed by atoms with van der Waals surface area (Å²) in [6.45, 7) is 5.81. The van der Waals surface area contributed by atoms with Crippen molar-refractivity contribution in [2.75, 3.05) is 30.3 Å². The lowest BCUT2D eigenvalue weighted by molar-refractivity contribution is 0.0954. The minimum absolute atomic E-state index is 0.0738. The molecule has 0 saturated heterocycles. The number of aromatic nitrogens is 2. The van der Waals surface area contributed by atoms with E-state index in [4.69, 9.17) is 0 Å². The number of rotatable bonds is 7. The van der Waals surface area contributed by atoms with Gasteiger partial charge in [0.05, 0.1) is 5.56 Å². The first-order chi connectivity index (χ1) is 11.1. The van der Waals surface area contributed by atoms with Crippen LogP contribution >= 0.6 is 22.6 Å². The molecule has 0 spiro atoms. The Bertz CT molecular complexity index is 677. The monoisotopic (exact) mass is 425 g/mol. The van der Waals surface area contributed by atoms with Crippen molar-refractivity contribution in [3.05, 3.63) is 45.2 Å². The molecule has 3 N–H and O–H groups in total. The van der Waals surface area contributed by atoms with Gasteiger partial charge in [0.2, 0.25) is 5.95 Å². The second-order valence-electron chi connectivity index (χ2n) is 4.91. The van der Waals surface area contributed by atoms with Crippen LogP contribution in [0.25, 0.3) is 0 Å². The van der Waals surface area contributed by atoms with Crippen LogP contribution in [0.1, 0.15) is 23.0 Å². The first-order valence-corrected chi connectivity index (χ1v) is 8.54. The lowest BCUT2D eigenvalue weighted by Gasteiger charge is -2.10. The second kappa shape index (κ2) is 8.66. The maximum Gasteiger partial charge on any atom is 0.252 e. The maximum absolute atomic E-state index is 12.1. The Morgan fingerprint density at radius 1 is 1.17 bits per heavy atom. The fraction of sp³-hybridized carbons (Fsp3) is 0.312. The van der Waals surface area contributed by atoms with Gasteiger partial charge in [0.1, 0.15) is 5.82 Å². The highest BCUT2D eigenvalue weighted by molar-refractivity contribution is 14.1. The average molecular weight is 425 g/mol. The van der Waals surface area contributed by atoms with Crippen molar-refractivity contribution in [3.63, 3.8) is 0 Å². The predicted octanol–water partition coefficient (Wildman–Crippen LogP) is 2.66. The van der Waals surface area contributed by atoms with Crippen LogP contribution in [0.3, 0.4) is 0 Å². The Morgan fingerprint density at radius 3 is 2.70 bits per heavy atom. The summed E-state index contributed by atoms with van der Waals surface area (Å²) in [5.41, 5.74) is 1.58. The van der Waals surface area contributed by atoms with Gasteiger partial charge in [0.15, 0.2) is 0 Å². The van der Waals surface area contributed by atoms with Crippen molar-refractivity contribution >= 4 is 40.3 Å². The van der Waals surface area contributed by atoms with Gasteiger partial charge in [-0.1, -0.05) is 12.1 Å². The third-order valence-electron chi connectivity index (χ3n) is 3.02. The number of nitrogens with zero attached hydrogens (tertiary/aromatic N) is 2. The first-order valence-electron chi connectivity index (χ1n) is 7.46. The number of halogens is 1. The number of aryl methyl sites for hydroxylation is 1. The first kappa shape index (κ1) is 17.5. The molecular formula is C16H20IN5O. The van der Waals surface area contributed by atoms with Crippen LogP contribution in [0, 0.1) is 10.5 Å². The third-order valence-corrected chi connectivity index (χ3v) is 3.96. The fourth-order valence-electron chi connectivity index (χ4n) is 2.01. The van der Waals surface area contributed by atoms with E-state index in [9.17, 15) is 4.79 Å². The number of hydrogen-bond acceptors (Lipinski definition) is 5. The van der Waals surface area contributed by atoms with Crippen LogP contribution in [0.15, 0.2) is 30.3 Å². The molecule has 122 valence electrons. The van der Waals surface area contributed by atoms with Gasteiger partial charge in [0.25, 0.3) is 5.91 Å². The van der Waals surface area contributed by atoms with Crippen LogP contribution in [0.2, 0.25) is 0 Å². The lowest BCUT2D eigenvalue weighted by atomic mass is 10.2. The Kier molecular flexibility index (Phi) is 6.57. The normalized spacial score (nSPS) is 10.2. The molecule has 0 radical (unpaired) electrons. The standard InChI is InChI=1S/C16H20IN5O/c1-3-18-14-10-11(2)21-16(22-14)20-9-8-19-15(23)12-6-4-5-7-13(12)17/h4-7,10H,3,8-9H2,1-2H3,(H,19,23)(H2,18,20,21,22). The van der Waals surface area contributed by atoms with Gasteiger partial charge < -0.3 is 16.0 Å². The number of amides is 1. The van der Waals surface area contributed by atoms with Gasteiger partial charge in [-0.3, -0.25) is 4.79 Å². The molecule has 1 amide bonds. The number of carbonyl (C=O) groups excluding carboxylic acids is 1. The highest BCUT2D eigenvalue weighted by atomic mass is 127. The Hall–Kier alpha value is -1.90. The minimum Gasteiger partial charge on any atom is -0.370 e. The zero-order valence-corrected chi connectivity index (χ0v) is 15.3. The molecule has 0 bridgehead atoms. The molecule has 1 heterocycles. The topological polar surface area (TPSA) is 78.9 Å². The van der Waals surface area contributed by atoms with E-state index in [-0.39, 0.29) is 5.91 Å². The van der Waals surface area contributed by atoms with Crippen LogP contribution in [-0.4, -0.2) is 35.5 Å². The molecule has 0 aliphatic rings. The summed E-state index contributed by atoms with van der Waals surface area (Å²) in [5.74, 6) is 1.28. The number of carbonyl (C=O) groups is 1. The molecule has 0 aliphatic heterocycles. The van der Waals surface area contributed by atoms with Crippen molar-refractivity contribution < 1.29 is 4.79 Å². The van der Waals surface area contributed by atoms with Gasteiger partial charge in [-0.15, -0.1) is 0 Å². The van der Waals surface area contributed by atoms with E-state index in [1.54, 1.807) is 0 Å². The van der Waals surface area contributed by atoms with Crippen molar-refractivity contribution in [2.45, 2.75) is 13.8 Å². The molecule has 0 aliphatic carbocycles. The Labute approximate surface area is 149 Å². The highest BCUT2D eigenvalue weighted by Gasteiger charge is 2.08. The van der Waals surface area contributed by atoms with Gasteiger partial charge in [-0.25, -0.2) is 4.98 Å². The number of nitrogens with one attached hydrogen (secondary N) is 3. The Morgan fingerprint density at radius 2 is 1.96 bits per heavy atom. The van der Waals surface area contributed by atoms with Crippen LogP contribution in [-0.2, 0) is 0 Å². The largest absolute Gasteiger partial charge is 0.370 e. The predicted molar refractivity (Wildman–Crippen MR) is 101 cm³/mol. The quantitative estimate of drug-likeness (QED) is 0.470. The molecule has 0 unspecified atom stereocenters. The molecule has 1 aromatic heterocycles. The molecule has 0 saturated carbocycles. The molecule has 23 heavy (non-hydrogen) atoms. The molecule has 0 fully saturated rings. The van der Waals surface area contributed by atoms with Crippen molar-refractivity contribution in [1.82, 2.24) is 15.3 Å². The van der Waals surface area contributed by atoms with Crippen LogP contribution < -0.4 is 16.0 Å². The average Bonchev–Trinajstić information content (AvgIpc) is 2.51. The number of anilines is 2. The van der Waals surface area contributed by atoms with Crippen molar-refractivity contribution in [1.29, 1.82) is 0 Å². The molecule has 2 rings (SSSR count). The van der Waals surface area contributed by atoms with E-state index in [0.29, 0.717) is 24.6 Å². The minimum atomic E-state index is -0.0738. The van der Waals surface area contributed by atoms with Crippen LogP contribution in [0.5, 0.6) is 0 Å². The summed E-state index contributed by atoms with van der Waals surface area (Å²) in [6, 6.07) is 9.40. The van der Waals surface area contributed by atoms with E-state index in [1.807, 2.05) is 44.2 Å². The smallest absolute Gasteiger partial charge is 0.252 e. The van der Waals surface area contributed by atoms with E-state index in [2.05, 4.69) is 48.5 Å². The van der Waals surface area contributed by atoms with Crippen molar-refractivity contribution in [2.24, 2.45) is 0 Å². The van der Waals surface area contributed by atoms with E-state index in [0.717, 1.165) is 21.6 Å². The maximum atomic E-state index is 12.1. The van der Waals surface area contributed by atoms with E-state index >= 15 is 0 Å². The highest BCUT2D eigenvalue weighted by Crippen LogP contribution is 2.11. The van der Waals surface area contributed by atoms with E-state index < -0.39 is 0 Å². The summed E-state index contributed by atoms with van der Waals surface area (Å²) < 4.78 is 0.938. The molecule has 6 nitrogen and oxygen atoms in total. The number of hydrogen-bond donors (Lipinski definition) is 3. The molecule has 0 atom stereocenters. The van der Waals surface area contributed by atoms with Crippen LogP contribution in [0.4, 0.5) is 11.8 Å². The fourth-order valence-corrected chi connectivity index (χ4v) is 2.64. The van der Waals surface area contributed by atoms with Gasteiger partial charge in [-0.2, -0.15) is 4.98 Å². The molecule has 7 heteroatoms. The summed E-state index contributed by atoms with van der Waals surface area (Å²) in [6.07, 6.45) is 0. The molecule has 2 aromatic rings. The lowest BCUT2D eigenvalue weighted by Crippen LogP contribution is -2.29. The summed E-state index contributed by atoms with van der Waals surface area (Å²) in [4.78, 5) is 20.8. The number of benzene rings is 1. The zero-order chi connectivity index (χ0) is 16.7. The molecule has 1 aromatic carbocycles. The van der Waals surface area contributed by atoms with Crippen molar-refractivity contribution in [3.8, 4) is 0 Å². The SMILES string of the molecule is CCNc1cc(C)nc(NCCNC(=O)c2ccccc2I)n1. The Balaban J connectivity index is 1.84. The summed E-state index contributed by atoms with van der Waals surface area (Å²) >= 11 is 2.16. The van der Waals surface area contributed by atoms with E-state index in [1.165, 1.54) is 0 Å². The van der Waals surface area contributed by atoms with Gasteiger partial charge in [0, 0.05) is 35.0 Å². The summed E-state index contributed by atoms with van der Waals surface area (Å²) in [5, 5.41) is 9.18. The van der Waals surface area contributed by atoms with Gasteiger partial charge >= 0.3 is 0 Å². The third kappa shape index (κ3) is 5.34. The van der Waals surface area contributed by atoms with Gasteiger partial charge in [-0.05, 0) is 48.6 Å².